The van der Waals surface area contributed by atoms with Gasteiger partial charge in [-0.3, -0.25) is 9.78 Å². The highest BCUT2D eigenvalue weighted by Crippen LogP contribution is 2.23. The standard InChI is InChI=1S/C11H15NO2S/c1-8-6-12-5-4-10(8)15-7-9(2)11(13)14-3/h4-6,9H,7H2,1-3H3. The molecule has 0 fully saturated rings. The van der Waals surface area contributed by atoms with Gasteiger partial charge in [0.1, 0.15) is 0 Å². The largest absolute Gasteiger partial charge is 0.469 e. The van der Waals surface area contributed by atoms with Gasteiger partial charge in [-0.15, -0.1) is 11.8 Å². The third-order valence-corrected chi connectivity index (χ3v) is 3.50. The van der Waals surface area contributed by atoms with Crippen LogP contribution in [0.3, 0.4) is 0 Å². The fraction of sp³-hybridized carbons (Fsp3) is 0.455. The van der Waals surface area contributed by atoms with Crippen molar-refractivity contribution >= 4 is 17.7 Å². The molecular weight excluding hydrogens is 210 g/mol. The summed E-state index contributed by atoms with van der Waals surface area (Å²) in [6, 6.07) is 1.96. The molecule has 0 aliphatic heterocycles. The minimum atomic E-state index is -0.158. The summed E-state index contributed by atoms with van der Waals surface area (Å²) >= 11 is 1.66. The van der Waals surface area contributed by atoms with Gasteiger partial charge in [0, 0.05) is 23.0 Å². The molecule has 0 aromatic carbocycles. The zero-order valence-corrected chi connectivity index (χ0v) is 10.0. The number of esters is 1. The Morgan fingerprint density at radius 3 is 3.00 bits per heavy atom. The molecule has 1 rings (SSSR count). The molecule has 4 heteroatoms. The number of hydrogen-bond acceptors (Lipinski definition) is 4. The number of aryl methyl sites for hydroxylation is 1. The van der Waals surface area contributed by atoms with Gasteiger partial charge in [0.25, 0.3) is 0 Å². The van der Waals surface area contributed by atoms with Crippen molar-refractivity contribution in [2.45, 2.75) is 18.7 Å². The zero-order chi connectivity index (χ0) is 11.3. The van der Waals surface area contributed by atoms with Gasteiger partial charge < -0.3 is 4.74 Å². The molecule has 15 heavy (non-hydrogen) atoms. The molecule has 0 saturated carbocycles. The maximum Gasteiger partial charge on any atom is 0.309 e. The van der Waals surface area contributed by atoms with E-state index in [1.165, 1.54) is 12.0 Å². The summed E-state index contributed by atoms with van der Waals surface area (Å²) < 4.78 is 4.67. The third-order valence-electron chi connectivity index (χ3n) is 2.06. The number of carbonyl (C=O) groups is 1. The Labute approximate surface area is 94.2 Å². The number of pyridine rings is 1. The highest BCUT2D eigenvalue weighted by molar-refractivity contribution is 7.99. The van der Waals surface area contributed by atoms with Gasteiger partial charge in [-0.2, -0.15) is 0 Å². The summed E-state index contributed by atoms with van der Waals surface area (Å²) in [5.41, 5.74) is 1.14. The quantitative estimate of drug-likeness (QED) is 0.582. The third kappa shape index (κ3) is 3.55. The lowest BCUT2D eigenvalue weighted by Gasteiger charge is -2.09. The van der Waals surface area contributed by atoms with E-state index in [1.807, 2.05) is 26.1 Å². The summed E-state index contributed by atoms with van der Waals surface area (Å²) in [5.74, 6) is 0.499. The minimum absolute atomic E-state index is 0.0763. The molecule has 0 radical (unpaired) electrons. The average molecular weight is 225 g/mol. The first kappa shape index (κ1) is 12.0. The maximum absolute atomic E-state index is 11.2. The van der Waals surface area contributed by atoms with Crippen LogP contribution in [0.4, 0.5) is 0 Å². The predicted octanol–water partition coefficient (Wildman–Crippen LogP) is 2.29. The number of thioether (sulfide) groups is 1. The van der Waals surface area contributed by atoms with Gasteiger partial charge in [0.2, 0.25) is 0 Å². The monoisotopic (exact) mass is 225 g/mol. The molecular formula is C11H15NO2S. The Morgan fingerprint density at radius 1 is 1.67 bits per heavy atom. The molecule has 1 aromatic heterocycles. The van der Waals surface area contributed by atoms with Crippen LogP contribution in [0.5, 0.6) is 0 Å². The number of hydrogen-bond donors (Lipinski definition) is 0. The highest BCUT2D eigenvalue weighted by Gasteiger charge is 2.13. The Balaban J connectivity index is 2.50. The van der Waals surface area contributed by atoms with Crippen molar-refractivity contribution in [3.05, 3.63) is 24.0 Å². The molecule has 1 heterocycles. The zero-order valence-electron chi connectivity index (χ0n) is 9.19. The molecule has 82 valence electrons. The van der Waals surface area contributed by atoms with Crippen molar-refractivity contribution in [3.63, 3.8) is 0 Å². The van der Waals surface area contributed by atoms with Crippen molar-refractivity contribution in [1.82, 2.24) is 4.98 Å². The van der Waals surface area contributed by atoms with E-state index in [4.69, 9.17) is 0 Å². The second-order valence-corrected chi connectivity index (χ2v) is 4.44. The van der Waals surface area contributed by atoms with E-state index >= 15 is 0 Å². The van der Waals surface area contributed by atoms with Gasteiger partial charge in [-0.25, -0.2) is 0 Å². The van der Waals surface area contributed by atoms with E-state index in [9.17, 15) is 4.79 Å². The van der Waals surface area contributed by atoms with Crippen molar-refractivity contribution < 1.29 is 9.53 Å². The van der Waals surface area contributed by atoms with Crippen molar-refractivity contribution in [1.29, 1.82) is 0 Å². The van der Waals surface area contributed by atoms with Crippen LogP contribution in [0, 0.1) is 12.8 Å². The lowest BCUT2D eigenvalue weighted by atomic mass is 10.2. The van der Waals surface area contributed by atoms with Crippen molar-refractivity contribution in [2.75, 3.05) is 12.9 Å². The van der Waals surface area contributed by atoms with Crippen LogP contribution in [-0.2, 0) is 9.53 Å². The SMILES string of the molecule is COC(=O)C(C)CSc1ccncc1C. The van der Waals surface area contributed by atoms with Crippen LogP contribution in [0.15, 0.2) is 23.4 Å². The van der Waals surface area contributed by atoms with Crippen LogP contribution in [-0.4, -0.2) is 23.8 Å². The lowest BCUT2D eigenvalue weighted by molar-refractivity contribution is -0.143. The molecule has 0 aliphatic carbocycles. The van der Waals surface area contributed by atoms with Gasteiger partial charge in [-0.1, -0.05) is 6.92 Å². The summed E-state index contributed by atoms with van der Waals surface area (Å²) in [6.45, 7) is 3.88. The van der Waals surface area contributed by atoms with Crippen molar-refractivity contribution in [2.24, 2.45) is 5.92 Å². The van der Waals surface area contributed by atoms with E-state index in [1.54, 1.807) is 18.0 Å². The van der Waals surface area contributed by atoms with E-state index in [2.05, 4.69) is 9.72 Å². The molecule has 1 aromatic rings. The summed E-state index contributed by atoms with van der Waals surface area (Å²) in [5, 5.41) is 0. The van der Waals surface area contributed by atoms with Gasteiger partial charge in [0.05, 0.1) is 13.0 Å². The van der Waals surface area contributed by atoms with E-state index in [-0.39, 0.29) is 11.9 Å². The van der Waals surface area contributed by atoms with Crippen LogP contribution >= 0.6 is 11.8 Å². The summed E-state index contributed by atoms with van der Waals surface area (Å²) in [7, 11) is 1.42. The molecule has 1 atom stereocenters. The highest BCUT2D eigenvalue weighted by atomic mass is 32.2. The van der Waals surface area contributed by atoms with Crippen LogP contribution < -0.4 is 0 Å². The molecule has 0 aliphatic rings. The number of ether oxygens (including phenoxy) is 1. The molecule has 0 amide bonds. The maximum atomic E-state index is 11.2. The Morgan fingerprint density at radius 2 is 2.40 bits per heavy atom. The van der Waals surface area contributed by atoms with Gasteiger partial charge in [0.15, 0.2) is 0 Å². The number of rotatable bonds is 4. The Bertz CT molecular complexity index is 341. The normalized spacial score (nSPS) is 12.2. The smallest absolute Gasteiger partial charge is 0.309 e. The van der Waals surface area contributed by atoms with Crippen LogP contribution in [0.25, 0.3) is 0 Å². The van der Waals surface area contributed by atoms with Gasteiger partial charge in [-0.05, 0) is 18.6 Å². The first-order chi connectivity index (χ1) is 7.15. The van der Waals surface area contributed by atoms with E-state index in [0.29, 0.717) is 0 Å². The number of nitrogens with zero attached hydrogens (tertiary/aromatic N) is 1. The molecule has 3 nitrogen and oxygen atoms in total. The minimum Gasteiger partial charge on any atom is -0.469 e. The topological polar surface area (TPSA) is 39.2 Å². The summed E-state index contributed by atoms with van der Waals surface area (Å²) in [6.07, 6.45) is 3.59. The Kier molecular flexibility index (Phi) is 4.62. The van der Waals surface area contributed by atoms with E-state index in [0.717, 1.165) is 11.3 Å². The van der Waals surface area contributed by atoms with Crippen LogP contribution in [0.1, 0.15) is 12.5 Å². The average Bonchev–Trinajstić information content (AvgIpc) is 2.26. The first-order valence-corrected chi connectivity index (χ1v) is 5.75. The summed E-state index contributed by atoms with van der Waals surface area (Å²) in [4.78, 5) is 16.4. The van der Waals surface area contributed by atoms with Gasteiger partial charge >= 0.3 is 5.97 Å². The first-order valence-electron chi connectivity index (χ1n) is 4.76. The van der Waals surface area contributed by atoms with Crippen molar-refractivity contribution in [3.8, 4) is 0 Å². The molecule has 0 bridgehead atoms. The molecule has 0 N–H and O–H groups in total. The lowest BCUT2D eigenvalue weighted by Crippen LogP contribution is -2.14. The number of carbonyl (C=O) groups excluding carboxylic acids is 1. The fourth-order valence-electron chi connectivity index (χ4n) is 1.11. The second-order valence-electron chi connectivity index (χ2n) is 3.38. The molecule has 1 unspecified atom stereocenters. The number of aromatic nitrogens is 1. The number of methoxy groups -OCH3 is 1. The van der Waals surface area contributed by atoms with Crippen LogP contribution in [0.2, 0.25) is 0 Å². The molecule has 0 saturated heterocycles. The predicted molar refractivity (Wildman–Crippen MR) is 60.9 cm³/mol. The van der Waals surface area contributed by atoms with E-state index < -0.39 is 0 Å². The second kappa shape index (κ2) is 5.75. The molecule has 0 spiro atoms. The Hall–Kier alpha value is -1.03. The fourth-order valence-corrected chi connectivity index (χ4v) is 2.11.